The van der Waals surface area contributed by atoms with Gasteiger partial charge in [-0.25, -0.2) is 4.98 Å². The number of nitrogens with zero attached hydrogens (tertiary/aromatic N) is 2. The number of hydrogen-bond donors (Lipinski definition) is 0. The van der Waals surface area contributed by atoms with Crippen LogP contribution in [0, 0.1) is 0 Å². The third-order valence-corrected chi connectivity index (χ3v) is 10.9. The predicted molar refractivity (Wildman–Crippen MR) is 215 cm³/mol. The Kier molecular flexibility index (Phi) is 7.00. The second kappa shape index (κ2) is 12.1. The summed E-state index contributed by atoms with van der Waals surface area (Å²) >= 11 is 1.81. The standard InChI is InChI=1S/C47H30N2OS/c1-3-14-32(15-4-1)38-21-9-11-24-40(38)49(35-28-26-33(27-29-35)37-23-13-19-31-16-7-8-20-36(31)37)41-30-42-45(48-47(50-42)34-17-5-2-6-18-34)44-39-22-10-12-25-43(39)51-46(41)44/h1-30H. The summed E-state index contributed by atoms with van der Waals surface area (Å²) in [5, 5.41) is 4.78. The normalized spacial score (nSPS) is 11.5. The molecule has 0 N–H and O–H groups in total. The van der Waals surface area contributed by atoms with E-state index < -0.39 is 0 Å². The topological polar surface area (TPSA) is 29.3 Å². The van der Waals surface area contributed by atoms with Crippen LogP contribution < -0.4 is 4.90 Å². The fourth-order valence-electron chi connectivity index (χ4n) is 7.34. The molecule has 2 heterocycles. The Labute approximate surface area is 299 Å². The first kappa shape index (κ1) is 29.4. The molecule has 0 radical (unpaired) electrons. The molecule has 0 amide bonds. The SMILES string of the molecule is c1ccc(-c2nc3c(cc(N(c4ccc(-c5cccc6ccccc56)cc4)c4ccccc4-c4ccccc4)c4sc5ccccc5c43)o2)cc1. The maximum atomic E-state index is 6.64. The minimum absolute atomic E-state index is 0.620. The minimum Gasteiger partial charge on any atom is -0.436 e. The molecule has 0 spiro atoms. The molecule has 10 rings (SSSR count). The van der Waals surface area contributed by atoms with E-state index in [1.165, 1.54) is 32.0 Å². The van der Waals surface area contributed by atoms with Gasteiger partial charge >= 0.3 is 0 Å². The third-order valence-electron chi connectivity index (χ3n) is 9.70. The molecule has 0 aliphatic carbocycles. The average molecular weight is 671 g/mol. The van der Waals surface area contributed by atoms with E-state index in [4.69, 9.17) is 9.40 Å². The number of benzene rings is 8. The second-order valence-electron chi connectivity index (χ2n) is 12.7. The van der Waals surface area contributed by atoms with Crippen LogP contribution in [0.2, 0.25) is 0 Å². The molecular formula is C47H30N2OS. The number of rotatable bonds is 6. The number of aromatic nitrogens is 1. The largest absolute Gasteiger partial charge is 0.436 e. The van der Waals surface area contributed by atoms with Gasteiger partial charge in [-0.15, -0.1) is 11.3 Å². The summed E-state index contributed by atoms with van der Waals surface area (Å²) in [6.45, 7) is 0. The van der Waals surface area contributed by atoms with E-state index in [0.29, 0.717) is 5.89 Å². The molecule has 51 heavy (non-hydrogen) atoms. The van der Waals surface area contributed by atoms with Crippen molar-refractivity contribution in [3.8, 4) is 33.7 Å². The van der Waals surface area contributed by atoms with Crippen LogP contribution in [0.3, 0.4) is 0 Å². The molecule has 0 unspecified atom stereocenters. The molecule has 0 aliphatic rings. The molecule has 0 aliphatic heterocycles. The molecule has 0 saturated heterocycles. The van der Waals surface area contributed by atoms with Crippen molar-refractivity contribution in [3.05, 3.63) is 182 Å². The van der Waals surface area contributed by atoms with E-state index in [0.717, 1.165) is 54.9 Å². The smallest absolute Gasteiger partial charge is 0.227 e. The van der Waals surface area contributed by atoms with Gasteiger partial charge < -0.3 is 9.32 Å². The second-order valence-corrected chi connectivity index (χ2v) is 13.8. The molecule has 0 atom stereocenters. The molecular weight excluding hydrogens is 641 g/mol. The van der Waals surface area contributed by atoms with Crippen molar-refractivity contribution in [1.29, 1.82) is 0 Å². The fourth-order valence-corrected chi connectivity index (χ4v) is 8.55. The molecule has 8 aromatic carbocycles. The van der Waals surface area contributed by atoms with Crippen molar-refractivity contribution in [1.82, 2.24) is 4.98 Å². The van der Waals surface area contributed by atoms with Gasteiger partial charge in [0.25, 0.3) is 0 Å². The monoisotopic (exact) mass is 670 g/mol. The Balaban J connectivity index is 1.25. The van der Waals surface area contributed by atoms with E-state index in [-0.39, 0.29) is 0 Å². The van der Waals surface area contributed by atoms with Crippen molar-refractivity contribution in [2.45, 2.75) is 0 Å². The number of hydrogen-bond acceptors (Lipinski definition) is 4. The molecule has 10 aromatic rings. The summed E-state index contributed by atoms with van der Waals surface area (Å²) in [6.07, 6.45) is 0. The van der Waals surface area contributed by atoms with Crippen LogP contribution in [0.5, 0.6) is 0 Å². The zero-order valence-electron chi connectivity index (χ0n) is 27.5. The van der Waals surface area contributed by atoms with Gasteiger partial charge in [-0.2, -0.15) is 0 Å². The number of anilines is 3. The molecule has 0 fully saturated rings. The zero-order valence-corrected chi connectivity index (χ0v) is 28.3. The fraction of sp³-hybridized carbons (Fsp3) is 0. The van der Waals surface area contributed by atoms with Crippen LogP contribution in [-0.2, 0) is 0 Å². The number of thiophene rings is 1. The van der Waals surface area contributed by atoms with E-state index >= 15 is 0 Å². The first-order valence-corrected chi connectivity index (χ1v) is 17.9. The molecule has 0 saturated carbocycles. The summed E-state index contributed by atoms with van der Waals surface area (Å²) in [4.78, 5) is 7.54. The lowest BCUT2D eigenvalue weighted by molar-refractivity contribution is 0.620. The Morgan fingerprint density at radius 1 is 0.490 bits per heavy atom. The van der Waals surface area contributed by atoms with Gasteiger partial charge in [-0.1, -0.05) is 140 Å². The minimum atomic E-state index is 0.620. The number of para-hydroxylation sites is 1. The number of oxazole rings is 1. The van der Waals surface area contributed by atoms with E-state index in [2.05, 4.69) is 169 Å². The van der Waals surface area contributed by atoms with E-state index in [1.54, 1.807) is 11.3 Å². The van der Waals surface area contributed by atoms with Crippen LogP contribution in [0.25, 0.3) is 75.8 Å². The Hall–Kier alpha value is -6.49. The van der Waals surface area contributed by atoms with Gasteiger partial charge in [0.05, 0.1) is 16.1 Å². The van der Waals surface area contributed by atoms with Gasteiger partial charge in [0, 0.05) is 38.4 Å². The first-order valence-electron chi connectivity index (χ1n) is 17.1. The highest BCUT2D eigenvalue weighted by molar-refractivity contribution is 7.26. The van der Waals surface area contributed by atoms with Gasteiger partial charge in [-0.05, 0) is 63.9 Å². The highest BCUT2D eigenvalue weighted by Gasteiger charge is 2.25. The van der Waals surface area contributed by atoms with Crippen LogP contribution in [0.15, 0.2) is 186 Å². The lowest BCUT2D eigenvalue weighted by atomic mass is 9.97. The van der Waals surface area contributed by atoms with Crippen molar-refractivity contribution in [2.75, 3.05) is 4.90 Å². The van der Waals surface area contributed by atoms with Crippen molar-refractivity contribution >= 4 is 70.4 Å². The van der Waals surface area contributed by atoms with Crippen LogP contribution >= 0.6 is 11.3 Å². The molecule has 0 bridgehead atoms. The Bertz CT molecular complexity index is 2850. The van der Waals surface area contributed by atoms with Crippen molar-refractivity contribution < 1.29 is 4.42 Å². The highest BCUT2D eigenvalue weighted by atomic mass is 32.1. The summed E-state index contributed by atoms with van der Waals surface area (Å²) < 4.78 is 9.02. The molecule has 2 aromatic heterocycles. The maximum Gasteiger partial charge on any atom is 0.227 e. The van der Waals surface area contributed by atoms with Crippen LogP contribution in [0.4, 0.5) is 17.1 Å². The van der Waals surface area contributed by atoms with Gasteiger partial charge in [0.1, 0.15) is 5.52 Å². The first-order chi connectivity index (χ1) is 25.3. The zero-order chi connectivity index (χ0) is 33.7. The van der Waals surface area contributed by atoms with Gasteiger partial charge in [0.15, 0.2) is 5.58 Å². The van der Waals surface area contributed by atoms with Crippen molar-refractivity contribution in [3.63, 3.8) is 0 Å². The lowest BCUT2D eigenvalue weighted by Crippen LogP contribution is -2.11. The summed E-state index contributed by atoms with van der Waals surface area (Å²) in [6, 6.07) is 64.4. The lowest BCUT2D eigenvalue weighted by Gasteiger charge is -2.28. The molecule has 3 nitrogen and oxygen atoms in total. The maximum absolute atomic E-state index is 6.64. The Morgan fingerprint density at radius 3 is 1.94 bits per heavy atom. The summed E-state index contributed by atoms with van der Waals surface area (Å²) in [5.41, 5.74) is 10.5. The van der Waals surface area contributed by atoms with E-state index in [9.17, 15) is 0 Å². The number of fused-ring (bicyclic) bond motifs is 6. The van der Waals surface area contributed by atoms with Crippen LogP contribution in [-0.4, -0.2) is 4.98 Å². The highest BCUT2D eigenvalue weighted by Crippen LogP contribution is 2.50. The predicted octanol–water partition coefficient (Wildman–Crippen LogP) is 13.8. The van der Waals surface area contributed by atoms with E-state index in [1.807, 2.05) is 18.2 Å². The van der Waals surface area contributed by atoms with Crippen LogP contribution in [0.1, 0.15) is 0 Å². The van der Waals surface area contributed by atoms with Gasteiger partial charge in [-0.3, -0.25) is 0 Å². The van der Waals surface area contributed by atoms with Gasteiger partial charge in [0.2, 0.25) is 5.89 Å². The van der Waals surface area contributed by atoms with Crippen molar-refractivity contribution in [2.24, 2.45) is 0 Å². The Morgan fingerprint density at radius 2 is 1.12 bits per heavy atom. The summed E-state index contributed by atoms with van der Waals surface area (Å²) in [7, 11) is 0. The summed E-state index contributed by atoms with van der Waals surface area (Å²) in [5.74, 6) is 0.620. The third kappa shape index (κ3) is 5.00. The average Bonchev–Trinajstić information content (AvgIpc) is 3.81. The quantitative estimate of drug-likeness (QED) is 0.176. The molecule has 4 heteroatoms. The molecule has 240 valence electrons.